The van der Waals surface area contributed by atoms with Crippen LogP contribution in [0.2, 0.25) is 5.02 Å². The molecule has 0 atom stereocenters. The van der Waals surface area contributed by atoms with Crippen LogP contribution in [-0.4, -0.2) is 65.1 Å². The lowest BCUT2D eigenvalue weighted by atomic mass is 9.87. The summed E-state index contributed by atoms with van der Waals surface area (Å²) >= 11 is 6.22. The number of aromatic nitrogens is 2. The minimum atomic E-state index is 0.0882. The second kappa shape index (κ2) is 11.1. The Hall–Kier alpha value is -2.90. The molecule has 8 heteroatoms. The zero-order chi connectivity index (χ0) is 26.9. The summed E-state index contributed by atoms with van der Waals surface area (Å²) in [5, 5.41) is 4.95. The van der Waals surface area contributed by atoms with Gasteiger partial charge in [-0.15, -0.1) is 0 Å². The van der Waals surface area contributed by atoms with Crippen molar-refractivity contribution in [3.8, 4) is 11.4 Å². The first-order valence-corrected chi connectivity index (χ1v) is 14.0. The lowest BCUT2D eigenvalue weighted by Gasteiger charge is -2.39. The number of rotatable bonds is 5. The van der Waals surface area contributed by atoms with Crippen LogP contribution in [0.4, 0.5) is 5.69 Å². The average molecular weight is 536 g/mol. The second-order valence-corrected chi connectivity index (χ2v) is 12.1. The van der Waals surface area contributed by atoms with Gasteiger partial charge >= 0.3 is 0 Å². The molecule has 2 fully saturated rings. The molecule has 2 aliphatic heterocycles. The van der Waals surface area contributed by atoms with Crippen molar-refractivity contribution in [3.05, 3.63) is 64.5 Å². The van der Waals surface area contributed by atoms with Crippen LogP contribution in [0.1, 0.15) is 50.6 Å². The summed E-state index contributed by atoms with van der Waals surface area (Å²) in [7, 11) is 0. The van der Waals surface area contributed by atoms with E-state index in [2.05, 4.69) is 78.0 Å². The van der Waals surface area contributed by atoms with Gasteiger partial charge in [0.15, 0.2) is 0 Å². The number of halogens is 1. The Morgan fingerprint density at radius 1 is 1.00 bits per heavy atom. The highest BCUT2D eigenvalue weighted by molar-refractivity contribution is 6.30. The maximum Gasteiger partial charge on any atom is 0.241 e. The molecule has 3 heterocycles. The maximum atomic E-state index is 13.3. The van der Waals surface area contributed by atoms with Crippen LogP contribution in [-0.2, 0) is 16.8 Å². The molecule has 0 unspecified atom stereocenters. The van der Waals surface area contributed by atoms with Crippen molar-refractivity contribution in [1.29, 1.82) is 0 Å². The molecule has 0 spiro atoms. The number of piperazine rings is 1. The van der Waals surface area contributed by atoms with Crippen LogP contribution in [0.15, 0.2) is 47.0 Å². The summed E-state index contributed by atoms with van der Waals surface area (Å²) in [4.78, 5) is 24.6. The van der Waals surface area contributed by atoms with Crippen molar-refractivity contribution in [2.45, 2.75) is 52.5 Å². The Balaban J connectivity index is 1.09. The van der Waals surface area contributed by atoms with Crippen molar-refractivity contribution >= 4 is 23.2 Å². The van der Waals surface area contributed by atoms with Gasteiger partial charge in [-0.2, -0.15) is 4.98 Å². The van der Waals surface area contributed by atoms with E-state index >= 15 is 0 Å². The Bertz CT molecular complexity index is 1250. The summed E-state index contributed by atoms with van der Waals surface area (Å²) < 4.78 is 5.56. The van der Waals surface area contributed by atoms with Gasteiger partial charge in [0.2, 0.25) is 17.6 Å². The molecule has 2 saturated heterocycles. The van der Waals surface area contributed by atoms with Gasteiger partial charge in [-0.25, -0.2) is 0 Å². The average Bonchev–Trinajstić information content (AvgIpc) is 3.38. The number of hydrogen-bond acceptors (Lipinski definition) is 6. The quantitative estimate of drug-likeness (QED) is 0.426. The monoisotopic (exact) mass is 535 g/mol. The molecule has 7 nitrogen and oxygen atoms in total. The third kappa shape index (κ3) is 6.05. The molecular formula is C30H38ClN5O2. The Kier molecular flexibility index (Phi) is 7.78. The van der Waals surface area contributed by atoms with Crippen LogP contribution < -0.4 is 4.90 Å². The number of carbonyl (C=O) groups excluding carboxylic acids is 1. The minimum absolute atomic E-state index is 0.0882. The van der Waals surface area contributed by atoms with E-state index < -0.39 is 0 Å². The second-order valence-electron chi connectivity index (χ2n) is 11.6. The summed E-state index contributed by atoms with van der Waals surface area (Å²) in [6, 6.07) is 14.4. The molecule has 0 N–H and O–H groups in total. The Morgan fingerprint density at radius 3 is 2.34 bits per heavy atom. The van der Waals surface area contributed by atoms with Gasteiger partial charge in [-0.1, -0.05) is 67.9 Å². The van der Waals surface area contributed by atoms with Crippen molar-refractivity contribution in [2.75, 3.05) is 44.2 Å². The van der Waals surface area contributed by atoms with Crippen molar-refractivity contribution in [2.24, 2.45) is 5.92 Å². The van der Waals surface area contributed by atoms with E-state index in [9.17, 15) is 4.79 Å². The SMILES string of the molecule is Cc1ccc(Cl)cc1N1CCN(C(=O)C2CCN(Cc3nc(-c4ccc(C(C)(C)C)cc4)no3)CC2)CC1. The number of benzene rings is 2. The number of piperidine rings is 1. The summed E-state index contributed by atoms with van der Waals surface area (Å²) in [5.74, 6) is 1.63. The molecular weight excluding hydrogens is 498 g/mol. The van der Waals surface area contributed by atoms with E-state index in [1.807, 2.05) is 17.0 Å². The zero-order valence-electron chi connectivity index (χ0n) is 22.9. The van der Waals surface area contributed by atoms with Crippen molar-refractivity contribution in [1.82, 2.24) is 19.9 Å². The molecule has 0 bridgehead atoms. The highest BCUT2D eigenvalue weighted by atomic mass is 35.5. The van der Waals surface area contributed by atoms with E-state index in [0.29, 0.717) is 24.2 Å². The Morgan fingerprint density at radius 2 is 1.68 bits per heavy atom. The molecule has 0 aliphatic carbocycles. The highest BCUT2D eigenvalue weighted by Gasteiger charge is 2.31. The van der Waals surface area contributed by atoms with Crippen LogP contribution in [0, 0.1) is 12.8 Å². The Labute approximate surface area is 230 Å². The van der Waals surface area contributed by atoms with Gasteiger partial charge in [0.25, 0.3) is 0 Å². The lowest BCUT2D eigenvalue weighted by Crippen LogP contribution is -2.51. The standard InChI is InChI=1S/C30H38ClN5O2/c1-21-5-10-25(31)19-26(21)35-15-17-36(18-16-35)29(37)23-11-13-34(14-12-23)20-27-32-28(33-38-27)22-6-8-24(9-7-22)30(2,3)4/h5-10,19,23H,11-18,20H2,1-4H3. The third-order valence-electron chi connectivity index (χ3n) is 7.88. The van der Waals surface area contributed by atoms with Crippen LogP contribution >= 0.6 is 11.6 Å². The summed E-state index contributed by atoms with van der Waals surface area (Å²) in [5.41, 5.74) is 4.74. The molecule has 1 amide bonds. The molecule has 2 aromatic carbocycles. The fourth-order valence-electron chi connectivity index (χ4n) is 5.43. The first-order valence-electron chi connectivity index (χ1n) is 13.6. The topological polar surface area (TPSA) is 65.7 Å². The molecule has 38 heavy (non-hydrogen) atoms. The van der Waals surface area contributed by atoms with E-state index in [1.54, 1.807) is 0 Å². The number of nitrogens with zero attached hydrogens (tertiary/aromatic N) is 5. The van der Waals surface area contributed by atoms with Crippen molar-refractivity contribution < 1.29 is 9.32 Å². The summed E-state index contributed by atoms with van der Waals surface area (Å²) in [6.45, 7) is 14.2. The van der Waals surface area contributed by atoms with Gasteiger partial charge < -0.3 is 14.3 Å². The molecule has 0 radical (unpaired) electrons. The molecule has 202 valence electrons. The number of amides is 1. The fourth-order valence-corrected chi connectivity index (χ4v) is 5.60. The van der Waals surface area contributed by atoms with E-state index in [1.165, 1.54) is 16.8 Å². The van der Waals surface area contributed by atoms with Gasteiger partial charge in [-0.05, 0) is 61.5 Å². The predicted octanol–water partition coefficient (Wildman–Crippen LogP) is 5.56. The van der Waals surface area contributed by atoms with Crippen LogP contribution in [0.25, 0.3) is 11.4 Å². The highest BCUT2D eigenvalue weighted by Crippen LogP contribution is 2.28. The number of aryl methyl sites for hydroxylation is 1. The number of anilines is 1. The third-order valence-corrected chi connectivity index (χ3v) is 8.11. The van der Waals surface area contributed by atoms with E-state index in [0.717, 1.165) is 62.7 Å². The zero-order valence-corrected chi connectivity index (χ0v) is 23.7. The molecule has 2 aliphatic rings. The van der Waals surface area contributed by atoms with E-state index in [4.69, 9.17) is 16.1 Å². The molecule has 1 aromatic heterocycles. The van der Waals surface area contributed by atoms with Crippen LogP contribution in [0.5, 0.6) is 0 Å². The smallest absolute Gasteiger partial charge is 0.241 e. The van der Waals surface area contributed by atoms with E-state index in [-0.39, 0.29) is 11.3 Å². The van der Waals surface area contributed by atoms with Gasteiger partial charge in [-0.3, -0.25) is 9.69 Å². The first kappa shape index (κ1) is 26.7. The fraction of sp³-hybridized carbons (Fsp3) is 0.500. The van der Waals surface area contributed by atoms with Crippen LogP contribution in [0.3, 0.4) is 0 Å². The number of hydrogen-bond donors (Lipinski definition) is 0. The largest absolute Gasteiger partial charge is 0.368 e. The van der Waals surface area contributed by atoms with Gasteiger partial charge in [0, 0.05) is 48.4 Å². The maximum absolute atomic E-state index is 13.3. The predicted molar refractivity (Wildman–Crippen MR) is 151 cm³/mol. The van der Waals surface area contributed by atoms with Crippen molar-refractivity contribution in [3.63, 3.8) is 0 Å². The normalized spacial score (nSPS) is 17.7. The molecule has 3 aromatic rings. The first-order chi connectivity index (χ1) is 18.2. The molecule has 0 saturated carbocycles. The number of carbonyl (C=O) groups is 1. The van der Waals surface area contributed by atoms with Gasteiger partial charge in [0.1, 0.15) is 0 Å². The van der Waals surface area contributed by atoms with Gasteiger partial charge in [0.05, 0.1) is 6.54 Å². The molecule has 5 rings (SSSR count). The number of likely N-dealkylation sites (tertiary alicyclic amines) is 1. The summed E-state index contributed by atoms with van der Waals surface area (Å²) in [6.07, 6.45) is 1.73. The lowest BCUT2D eigenvalue weighted by molar-refractivity contribution is -0.137. The minimum Gasteiger partial charge on any atom is -0.368 e.